The maximum atomic E-state index is 13.1. The van der Waals surface area contributed by atoms with Crippen LogP contribution in [0.4, 0.5) is 10.1 Å². The molecule has 0 radical (unpaired) electrons. The van der Waals surface area contributed by atoms with Crippen LogP contribution in [0.3, 0.4) is 0 Å². The van der Waals surface area contributed by atoms with Gasteiger partial charge in [-0.3, -0.25) is 0 Å². The molecule has 0 unspecified atom stereocenters. The third-order valence-corrected chi connectivity index (χ3v) is 3.90. The molecule has 0 heterocycles. The minimum absolute atomic E-state index is 0.196. The lowest BCUT2D eigenvalue weighted by atomic mass is 9.76. The zero-order chi connectivity index (χ0) is 13.9. The quantitative estimate of drug-likeness (QED) is 0.900. The second-order valence-corrected chi connectivity index (χ2v) is 5.30. The van der Waals surface area contributed by atoms with E-state index in [1.54, 1.807) is 19.2 Å². The van der Waals surface area contributed by atoms with Crippen molar-refractivity contribution >= 4 is 5.69 Å². The summed E-state index contributed by atoms with van der Waals surface area (Å²) in [4.78, 5) is 0. The number of ether oxygens (including phenoxy) is 1. The summed E-state index contributed by atoms with van der Waals surface area (Å²) in [7, 11) is 1.69. The fraction of sp³-hybridized carbons (Fsp3) is 0.294. The summed E-state index contributed by atoms with van der Waals surface area (Å²) >= 11 is 0. The van der Waals surface area contributed by atoms with Crippen molar-refractivity contribution < 1.29 is 9.13 Å². The number of hydrogen-bond acceptors (Lipinski definition) is 2. The van der Waals surface area contributed by atoms with Crippen molar-refractivity contribution in [3.8, 4) is 5.75 Å². The highest BCUT2D eigenvalue weighted by Crippen LogP contribution is 2.39. The number of benzene rings is 2. The maximum absolute atomic E-state index is 13.1. The molecule has 20 heavy (non-hydrogen) atoms. The van der Waals surface area contributed by atoms with Crippen molar-refractivity contribution in [1.82, 2.24) is 0 Å². The van der Waals surface area contributed by atoms with Gasteiger partial charge in [0.05, 0.1) is 7.11 Å². The first kappa shape index (κ1) is 13.0. The predicted octanol–water partition coefficient (Wildman–Crippen LogP) is 4.19. The molecular formula is C17H18FNO. The van der Waals surface area contributed by atoms with E-state index in [4.69, 9.17) is 4.74 Å². The van der Waals surface area contributed by atoms with E-state index in [1.165, 1.54) is 11.6 Å². The average molecular weight is 271 g/mol. The molecule has 0 saturated heterocycles. The molecule has 0 aromatic heterocycles. The molecule has 2 nitrogen and oxygen atoms in total. The van der Waals surface area contributed by atoms with Crippen LogP contribution in [-0.2, 0) is 0 Å². The van der Waals surface area contributed by atoms with Crippen LogP contribution in [0, 0.1) is 5.82 Å². The van der Waals surface area contributed by atoms with Crippen LogP contribution in [0.25, 0.3) is 0 Å². The lowest BCUT2D eigenvalue weighted by Gasteiger charge is -2.37. The van der Waals surface area contributed by atoms with E-state index < -0.39 is 0 Å². The number of anilines is 1. The Balaban J connectivity index is 1.58. The largest absolute Gasteiger partial charge is 0.497 e. The van der Waals surface area contributed by atoms with Crippen molar-refractivity contribution in [3.05, 3.63) is 59.9 Å². The Morgan fingerprint density at radius 2 is 1.90 bits per heavy atom. The molecule has 1 aliphatic carbocycles. The molecule has 3 rings (SSSR count). The number of methoxy groups -OCH3 is 1. The van der Waals surface area contributed by atoms with Gasteiger partial charge in [-0.15, -0.1) is 0 Å². The van der Waals surface area contributed by atoms with E-state index >= 15 is 0 Å². The first-order valence-corrected chi connectivity index (χ1v) is 6.90. The molecule has 0 bridgehead atoms. The molecule has 3 heteroatoms. The van der Waals surface area contributed by atoms with Crippen molar-refractivity contribution in [2.24, 2.45) is 0 Å². The Morgan fingerprint density at radius 1 is 1.10 bits per heavy atom. The fourth-order valence-corrected chi connectivity index (χ4v) is 2.72. The molecule has 1 saturated carbocycles. The highest BCUT2D eigenvalue weighted by molar-refractivity contribution is 5.45. The number of nitrogens with one attached hydrogen (secondary N) is 1. The Labute approximate surface area is 118 Å². The minimum atomic E-state index is -0.196. The van der Waals surface area contributed by atoms with Gasteiger partial charge in [0, 0.05) is 11.7 Å². The molecule has 0 aliphatic heterocycles. The van der Waals surface area contributed by atoms with Crippen molar-refractivity contribution in [1.29, 1.82) is 0 Å². The minimum Gasteiger partial charge on any atom is -0.497 e. The molecule has 104 valence electrons. The smallest absolute Gasteiger partial charge is 0.125 e. The van der Waals surface area contributed by atoms with E-state index in [9.17, 15) is 4.39 Å². The summed E-state index contributed by atoms with van der Waals surface area (Å²) in [6.07, 6.45) is 2.15. The van der Waals surface area contributed by atoms with Gasteiger partial charge in [-0.1, -0.05) is 18.2 Å². The molecule has 0 amide bonds. The topological polar surface area (TPSA) is 21.3 Å². The molecule has 1 N–H and O–H groups in total. The Kier molecular flexibility index (Phi) is 3.59. The zero-order valence-electron chi connectivity index (χ0n) is 11.5. The Hall–Kier alpha value is -2.03. The van der Waals surface area contributed by atoms with Crippen LogP contribution in [0.5, 0.6) is 5.75 Å². The van der Waals surface area contributed by atoms with Gasteiger partial charge in [0.1, 0.15) is 11.6 Å². The van der Waals surface area contributed by atoms with E-state index in [0.717, 1.165) is 24.3 Å². The van der Waals surface area contributed by atoms with Crippen molar-refractivity contribution in [2.45, 2.75) is 24.8 Å². The zero-order valence-corrected chi connectivity index (χ0v) is 11.5. The Morgan fingerprint density at radius 3 is 2.65 bits per heavy atom. The molecular weight excluding hydrogens is 253 g/mol. The van der Waals surface area contributed by atoms with E-state index in [2.05, 4.69) is 17.4 Å². The van der Waals surface area contributed by atoms with Crippen LogP contribution in [0.2, 0.25) is 0 Å². The molecule has 0 spiro atoms. The van der Waals surface area contributed by atoms with Gasteiger partial charge in [-0.25, -0.2) is 4.39 Å². The molecule has 1 aliphatic rings. The Bertz CT molecular complexity index is 593. The predicted molar refractivity (Wildman–Crippen MR) is 78.8 cm³/mol. The summed E-state index contributed by atoms with van der Waals surface area (Å²) in [6.45, 7) is 0. The summed E-state index contributed by atoms with van der Waals surface area (Å²) < 4.78 is 18.4. The first-order chi connectivity index (χ1) is 9.74. The average Bonchev–Trinajstić information content (AvgIpc) is 2.42. The van der Waals surface area contributed by atoms with Gasteiger partial charge in [0.15, 0.2) is 0 Å². The van der Waals surface area contributed by atoms with E-state index in [1.807, 2.05) is 18.2 Å². The van der Waals surface area contributed by atoms with Gasteiger partial charge in [-0.2, -0.15) is 0 Å². The number of rotatable bonds is 4. The second-order valence-electron chi connectivity index (χ2n) is 5.30. The molecule has 0 atom stereocenters. The van der Waals surface area contributed by atoms with Gasteiger partial charge >= 0.3 is 0 Å². The lowest BCUT2D eigenvalue weighted by Crippen LogP contribution is -2.34. The lowest BCUT2D eigenvalue weighted by molar-refractivity contribution is 0.370. The van der Waals surface area contributed by atoms with Gasteiger partial charge in [0.2, 0.25) is 0 Å². The number of halogens is 1. The van der Waals surface area contributed by atoms with Gasteiger partial charge in [0.25, 0.3) is 0 Å². The molecule has 2 aromatic rings. The van der Waals surface area contributed by atoms with Crippen LogP contribution in [0.1, 0.15) is 24.3 Å². The van der Waals surface area contributed by atoms with Crippen molar-refractivity contribution in [2.75, 3.05) is 12.4 Å². The normalized spacial score (nSPS) is 21.1. The molecule has 2 aromatic carbocycles. The fourth-order valence-electron chi connectivity index (χ4n) is 2.72. The maximum Gasteiger partial charge on any atom is 0.125 e. The second kappa shape index (κ2) is 5.53. The monoisotopic (exact) mass is 271 g/mol. The SMILES string of the molecule is COc1cccc(C2CC(Nc3cccc(F)c3)C2)c1. The summed E-state index contributed by atoms with van der Waals surface area (Å²) in [6, 6.07) is 15.3. The summed E-state index contributed by atoms with van der Waals surface area (Å²) in [5.74, 6) is 1.28. The summed E-state index contributed by atoms with van der Waals surface area (Å²) in [5.41, 5.74) is 2.18. The van der Waals surface area contributed by atoms with E-state index in [-0.39, 0.29) is 5.82 Å². The van der Waals surface area contributed by atoms with Gasteiger partial charge < -0.3 is 10.1 Å². The molecule has 1 fully saturated rings. The van der Waals surface area contributed by atoms with Crippen LogP contribution in [0.15, 0.2) is 48.5 Å². The van der Waals surface area contributed by atoms with Gasteiger partial charge in [-0.05, 0) is 54.7 Å². The highest BCUT2D eigenvalue weighted by atomic mass is 19.1. The van der Waals surface area contributed by atoms with Crippen molar-refractivity contribution in [3.63, 3.8) is 0 Å². The first-order valence-electron chi connectivity index (χ1n) is 6.90. The van der Waals surface area contributed by atoms with Crippen LogP contribution < -0.4 is 10.1 Å². The van der Waals surface area contributed by atoms with E-state index in [0.29, 0.717) is 12.0 Å². The van der Waals surface area contributed by atoms with Crippen LogP contribution >= 0.6 is 0 Å². The third kappa shape index (κ3) is 2.77. The van der Waals surface area contributed by atoms with Crippen LogP contribution in [-0.4, -0.2) is 13.2 Å². The standard InChI is InChI=1S/C17H18FNO/c1-20-17-7-2-4-12(10-17)13-8-16(9-13)19-15-6-3-5-14(18)11-15/h2-7,10-11,13,16,19H,8-9H2,1H3. The third-order valence-electron chi connectivity index (χ3n) is 3.90. The number of hydrogen-bond donors (Lipinski definition) is 1. The summed E-state index contributed by atoms with van der Waals surface area (Å²) in [5, 5.41) is 3.38. The highest BCUT2D eigenvalue weighted by Gasteiger charge is 2.30.